The molecule has 0 bridgehead atoms. The van der Waals surface area contributed by atoms with Crippen molar-refractivity contribution < 1.29 is 14.6 Å². The van der Waals surface area contributed by atoms with Gasteiger partial charge in [-0.15, -0.1) is 0 Å². The van der Waals surface area contributed by atoms with Crippen molar-refractivity contribution in [2.24, 2.45) is 7.05 Å². The Bertz CT molecular complexity index is 1160. The van der Waals surface area contributed by atoms with Crippen LogP contribution in [0.4, 0.5) is 11.5 Å². The van der Waals surface area contributed by atoms with Gasteiger partial charge in [-0.25, -0.2) is 4.98 Å². The van der Waals surface area contributed by atoms with Gasteiger partial charge in [-0.05, 0) is 30.7 Å². The lowest BCUT2D eigenvalue weighted by molar-refractivity contribution is 0.0724. The van der Waals surface area contributed by atoms with Gasteiger partial charge in [0.05, 0.1) is 29.9 Å². The molecule has 0 saturated carbocycles. The Morgan fingerprint density at radius 1 is 1.24 bits per heavy atom. The number of hydrogen-bond donors (Lipinski definition) is 2. The minimum absolute atomic E-state index is 0.0382. The van der Waals surface area contributed by atoms with E-state index in [1.807, 2.05) is 31.3 Å². The van der Waals surface area contributed by atoms with Crippen LogP contribution in [0.2, 0.25) is 0 Å². The molecule has 0 radical (unpaired) electrons. The van der Waals surface area contributed by atoms with Crippen molar-refractivity contribution in [2.75, 3.05) is 30.4 Å². The highest BCUT2D eigenvalue weighted by Crippen LogP contribution is 2.34. The molecule has 1 aromatic carbocycles. The van der Waals surface area contributed by atoms with E-state index in [1.165, 1.54) is 0 Å². The summed E-state index contributed by atoms with van der Waals surface area (Å²) < 4.78 is 7.39. The molecule has 1 fully saturated rings. The number of carbonyl (C=O) groups excluding carboxylic acids is 1. The third-order valence-electron chi connectivity index (χ3n) is 6.55. The van der Waals surface area contributed by atoms with Gasteiger partial charge in [0.15, 0.2) is 0 Å². The summed E-state index contributed by atoms with van der Waals surface area (Å²) >= 11 is 0. The molecule has 2 aliphatic heterocycles. The molecule has 2 atom stereocenters. The Balaban J connectivity index is 1.36. The van der Waals surface area contributed by atoms with Crippen molar-refractivity contribution in [1.29, 1.82) is 0 Å². The van der Waals surface area contributed by atoms with Crippen molar-refractivity contribution in [3.63, 3.8) is 0 Å². The molecule has 2 aromatic heterocycles. The van der Waals surface area contributed by atoms with E-state index in [1.54, 1.807) is 41.2 Å². The zero-order valence-electron chi connectivity index (χ0n) is 18.8. The molecule has 0 aliphatic carbocycles. The number of aromatic nitrogens is 3. The predicted octanol–water partition coefficient (Wildman–Crippen LogP) is 2.38. The van der Waals surface area contributed by atoms with Crippen LogP contribution >= 0.6 is 0 Å². The summed E-state index contributed by atoms with van der Waals surface area (Å²) in [6.45, 7) is 2.33. The van der Waals surface area contributed by atoms with Gasteiger partial charge in [0.1, 0.15) is 11.6 Å². The average molecular weight is 449 g/mol. The minimum Gasteiger partial charge on any atom is -0.507 e. The number of fused-ring (bicyclic) bond motifs is 3. The van der Waals surface area contributed by atoms with Gasteiger partial charge in [0.25, 0.3) is 5.91 Å². The van der Waals surface area contributed by atoms with Crippen LogP contribution < -0.4 is 10.2 Å². The molecule has 2 N–H and O–H groups in total. The van der Waals surface area contributed by atoms with E-state index in [-0.39, 0.29) is 23.8 Å². The highest BCUT2D eigenvalue weighted by atomic mass is 16.5. The van der Waals surface area contributed by atoms with E-state index in [2.05, 4.69) is 20.3 Å². The number of hydrogen-bond acceptors (Lipinski definition) is 7. The number of aryl methyl sites for hydroxylation is 1. The lowest BCUT2D eigenvalue weighted by atomic mass is 10.1. The maximum atomic E-state index is 13.5. The quantitative estimate of drug-likeness (QED) is 0.619. The molecule has 4 heterocycles. The van der Waals surface area contributed by atoms with E-state index in [0.29, 0.717) is 25.2 Å². The summed E-state index contributed by atoms with van der Waals surface area (Å²) in [5.41, 5.74) is 3.04. The number of phenols is 1. The molecular formula is C24H28N6O3. The molecule has 1 amide bonds. The number of nitrogens with zero attached hydrogens (tertiary/aromatic N) is 5. The monoisotopic (exact) mass is 448 g/mol. The first kappa shape index (κ1) is 21.3. The largest absolute Gasteiger partial charge is 0.507 e. The molecule has 3 aromatic rings. The Labute approximate surface area is 192 Å². The summed E-state index contributed by atoms with van der Waals surface area (Å²) in [4.78, 5) is 22.1. The molecule has 0 spiro atoms. The lowest BCUT2D eigenvalue weighted by Gasteiger charge is -2.26. The lowest BCUT2D eigenvalue weighted by Crippen LogP contribution is -2.40. The van der Waals surface area contributed by atoms with Gasteiger partial charge in [0.2, 0.25) is 0 Å². The van der Waals surface area contributed by atoms with Crippen molar-refractivity contribution in [2.45, 2.75) is 31.7 Å². The molecule has 172 valence electrons. The molecule has 33 heavy (non-hydrogen) atoms. The summed E-state index contributed by atoms with van der Waals surface area (Å²) in [7, 11) is 3.60. The third kappa shape index (κ3) is 4.11. The second-order valence-corrected chi connectivity index (χ2v) is 8.60. The van der Waals surface area contributed by atoms with Crippen molar-refractivity contribution in [3.05, 3.63) is 65.6 Å². The summed E-state index contributed by atoms with van der Waals surface area (Å²) in [6, 6.07) is 11.1. The minimum atomic E-state index is -0.191. The van der Waals surface area contributed by atoms with Crippen LogP contribution in [-0.4, -0.2) is 63.0 Å². The number of nitrogens with one attached hydrogen (secondary N) is 1. The maximum absolute atomic E-state index is 13.5. The molecule has 9 nitrogen and oxygen atoms in total. The molecular weight excluding hydrogens is 420 g/mol. The molecule has 0 unspecified atom stereocenters. The third-order valence-corrected chi connectivity index (χ3v) is 6.55. The Morgan fingerprint density at radius 3 is 2.88 bits per heavy atom. The van der Waals surface area contributed by atoms with Gasteiger partial charge in [-0.2, -0.15) is 5.10 Å². The first-order chi connectivity index (χ1) is 16.0. The topological polar surface area (TPSA) is 95.8 Å². The van der Waals surface area contributed by atoms with Crippen LogP contribution in [0, 0.1) is 0 Å². The van der Waals surface area contributed by atoms with E-state index in [9.17, 15) is 9.90 Å². The highest BCUT2D eigenvalue weighted by molar-refractivity contribution is 5.97. The SMILES string of the molecule is CO[C@@H]1C[C@H]2CN(C(=O)c3ccc(NCc4ccnn4C)cc3O)Cc3cccnc3N2C1. The average Bonchev–Trinajstić information content (AvgIpc) is 3.39. The first-order valence-corrected chi connectivity index (χ1v) is 11.1. The zero-order chi connectivity index (χ0) is 22.9. The second kappa shape index (κ2) is 8.74. The number of methoxy groups -OCH3 is 1. The summed E-state index contributed by atoms with van der Waals surface area (Å²) in [5, 5.41) is 18.1. The summed E-state index contributed by atoms with van der Waals surface area (Å²) in [5.74, 6) is 0.684. The Morgan fingerprint density at radius 2 is 2.12 bits per heavy atom. The van der Waals surface area contributed by atoms with Crippen LogP contribution in [0.25, 0.3) is 0 Å². The van der Waals surface area contributed by atoms with Gasteiger partial charge < -0.3 is 25.0 Å². The van der Waals surface area contributed by atoms with E-state index < -0.39 is 0 Å². The smallest absolute Gasteiger partial charge is 0.257 e. The van der Waals surface area contributed by atoms with E-state index in [0.717, 1.165) is 35.7 Å². The van der Waals surface area contributed by atoms with Crippen LogP contribution in [0.15, 0.2) is 48.8 Å². The standard InChI is InChI=1S/C24H28N6O3/c1-28-18(7-9-27-28)12-26-17-5-6-21(22(31)10-17)24(32)29-13-16-4-3-8-25-23(16)30-15-20(33-2)11-19(30)14-29/h3-10,19-20,26,31H,11-15H2,1-2H3/t19-,20+/m0/s1. The molecule has 1 saturated heterocycles. The number of amides is 1. The molecule has 2 aliphatic rings. The van der Waals surface area contributed by atoms with E-state index in [4.69, 9.17) is 4.74 Å². The van der Waals surface area contributed by atoms with Crippen molar-refractivity contribution >= 4 is 17.4 Å². The van der Waals surface area contributed by atoms with Crippen LogP contribution in [-0.2, 0) is 24.9 Å². The number of carbonyl (C=O) groups is 1. The summed E-state index contributed by atoms with van der Waals surface area (Å²) in [6.07, 6.45) is 4.47. The Hall–Kier alpha value is -3.59. The number of benzene rings is 1. The van der Waals surface area contributed by atoms with E-state index >= 15 is 0 Å². The fourth-order valence-electron chi connectivity index (χ4n) is 4.73. The number of anilines is 2. The van der Waals surface area contributed by atoms with Crippen LogP contribution in [0.3, 0.4) is 0 Å². The number of pyridine rings is 1. The number of phenolic OH excluding ortho intramolecular Hbond substituents is 1. The predicted molar refractivity (Wildman–Crippen MR) is 124 cm³/mol. The van der Waals surface area contributed by atoms with Gasteiger partial charge >= 0.3 is 0 Å². The van der Waals surface area contributed by atoms with Crippen LogP contribution in [0.5, 0.6) is 5.75 Å². The molecule has 5 rings (SSSR count). The van der Waals surface area contributed by atoms with Crippen LogP contribution in [0.1, 0.15) is 28.0 Å². The fraction of sp³-hybridized carbons (Fsp3) is 0.375. The number of ether oxygens (including phenoxy) is 1. The Kier molecular flexibility index (Phi) is 5.63. The maximum Gasteiger partial charge on any atom is 0.257 e. The molecule has 9 heteroatoms. The first-order valence-electron chi connectivity index (χ1n) is 11.1. The van der Waals surface area contributed by atoms with Gasteiger partial charge in [-0.1, -0.05) is 6.07 Å². The van der Waals surface area contributed by atoms with Crippen molar-refractivity contribution in [3.8, 4) is 5.75 Å². The highest BCUT2D eigenvalue weighted by Gasteiger charge is 2.39. The second-order valence-electron chi connectivity index (χ2n) is 8.60. The number of aromatic hydroxyl groups is 1. The number of rotatable bonds is 5. The zero-order valence-corrected chi connectivity index (χ0v) is 18.8. The van der Waals surface area contributed by atoms with Crippen molar-refractivity contribution in [1.82, 2.24) is 19.7 Å². The van der Waals surface area contributed by atoms with Gasteiger partial charge in [0, 0.05) is 63.5 Å². The fourth-order valence-corrected chi connectivity index (χ4v) is 4.73. The normalized spacial score (nSPS) is 19.7. The van der Waals surface area contributed by atoms with Gasteiger partial charge in [-0.3, -0.25) is 9.48 Å².